The monoisotopic (exact) mass is 187 g/mol. The number of allylic oxidation sites excluding steroid dienone is 1. The molecule has 0 saturated heterocycles. The Morgan fingerprint density at radius 2 is 2.14 bits per heavy atom. The molecule has 14 heavy (non-hydrogen) atoms. The number of carbonyl (C=O) groups excluding carboxylic acids is 1. The van der Waals surface area contributed by atoms with Crippen molar-refractivity contribution >= 4 is 5.91 Å². The number of amides is 1. The zero-order chi connectivity index (χ0) is 9.34. The van der Waals surface area contributed by atoms with Crippen LogP contribution >= 0.6 is 0 Å². The number of fused-ring (bicyclic) bond motifs is 4. The molecule has 3 aliphatic carbocycles. The van der Waals surface area contributed by atoms with Gasteiger partial charge in [-0.1, -0.05) is 24.3 Å². The summed E-state index contributed by atoms with van der Waals surface area (Å²) in [6.07, 6.45) is 11.6. The minimum absolute atomic E-state index is 0.111. The van der Waals surface area contributed by atoms with Gasteiger partial charge in [0.25, 0.3) is 0 Å². The van der Waals surface area contributed by atoms with Crippen molar-refractivity contribution in [2.75, 3.05) is 0 Å². The molecular weight excluding hydrogens is 174 g/mol. The minimum Gasteiger partial charge on any atom is -0.351 e. The molecule has 2 heteroatoms. The fourth-order valence-corrected chi connectivity index (χ4v) is 3.66. The molecule has 0 radical (unpaired) electrons. The third kappa shape index (κ3) is 0.616. The van der Waals surface area contributed by atoms with Gasteiger partial charge >= 0.3 is 0 Å². The lowest BCUT2D eigenvalue weighted by Gasteiger charge is -2.23. The van der Waals surface area contributed by atoms with Gasteiger partial charge in [-0.3, -0.25) is 4.79 Å². The van der Waals surface area contributed by atoms with Crippen molar-refractivity contribution in [1.29, 1.82) is 0 Å². The van der Waals surface area contributed by atoms with Crippen LogP contribution < -0.4 is 5.32 Å². The molecule has 1 fully saturated rings. The van der Waals surface area contributed by atoms with Gasteiger partial charge in [0.15, 0.2) is 0 Å². The Kier molecular flexibility index (Phi) is 1.02. The SMILES string of the molecule is O=C1NC2C3CCC4C=CC32C=CC14. The summed E-state index contributed by atoms with van der Waals surface area (Å²) >= 11 is 0. The molecule has 1 saturated carbocycles. The molecule has 5 unspecified atom stereocenters. The molecule has 3 bridgehead atoms. The minimum atomic E-state index is 0.111. The quantitative estimate of drug-likeness (QED) is 0.568. The van der Waals surface area contributed by atoms with Crippen LogP contribution in [0.3, 0.4) is 0 Å². The molecule has 1 N–H and O–H groups in total. The summed E-state index contributed by atoms with van der Waals surface area (Å²) in [5.74, 6) is 1.51. The molecule has 0 aromatic carbocycles. The van der Waals surface area contributed by atoms with Crippen LogP contribution in [0.25, 0.3) is 0 Å². The molecule has 4 rings (SSSR count). The molecular formula is C12H13NO. The highest BCUT2D eigenvalue weighted by atomic mass is 16.2. The fraction of sp³-hybridized carbons (Fsp3) is 0.583. The second-order valence-corrected chi connectivity index (χ2v) is 5.08. The van der Waals surface area contributed by atoms with Crippen LogP contribution in [0.4, 0.5) is 0 Å². The highest BCUT2D eigenvalue weighted by Gasteiger charge is 2.65. The summed E-state index contributed by atoms with van der Waals surface area (Å²) in [5, 5.41) is 3.19. The molecule has 5 atom stereocenters. The molecule has 2 nitrogen and oxygen atoms in total. The van der Waals surface area contributed by atoms with Crippen LogP contribution in [-0.2, 0) is 4.79 Å². The molecule has 72 valence electrons. The second-order valence-electron chi connectivity index (χ2n) is 5.08. The van der Waals surface area contributed by atoms with Crippen LogP contribution in [0, 0.1) is 23.2 Å². The zero-order valence-corrected chi connectivity index (χ0v) is 7.94. The third-order valence-corrected chi connectivity index (χ3v) is 4.57. The Morgan fingerprint density at radius 1 is 1.29 bits per heavy atom. The standard InChI is InChI=1S/C12H13NO/c14-11-8-4-6-12-5-3-7(8)1-2-9(12)10(12)13-11/h3-10H,1-2H2,(H,13,14). The van der Waals surface area contributed by atoms with Gasteiger partial charge < -0.3 is 5.32 Å². The van der Waals surface area contributed by atoms with Gasteiger partial charge in [-0.15, -0.1) is 0 Å². The summed E-state index contributed by atoms with van der Waals surface area (Å²) < 4.78 is 0. The maximum absolute atomic E-state index is 11.9. The van der Waals surface area contributed by atoms with Gasteiger partial charge in [0, 0.05) is 11.5 Å². The Labute approximate surface area is 83.1 Å². The topological polar surface area (TPSA) is 29.1 Å². The van der Waals surface area contributed by atoms with Gasteiger partial charge in [0.05, 0.1) is 5.92 Å². The first-order valence-electron chi connectivity index (χ1n) is 5.50. The Hall–Kier alpha value is -1.05. The van der Waals surface area contributed by atoms with E-state index in [-0.39, 0.29) is 17.2 Å². The lowest BCUT2D eigenvalue weighted by atomic mass is 9.85. The molecule has 1 aliphatic heterocycles. The smallest absolute Gasteiger partial charge is 0.227 e. The first-order chi connectivity index (χ1) is 6.81. The van der Waals surface area contributed by atoms with Gasteiger partial charge in [-0.05, 0) is 24.7 Å². The highest BCUT2D eigenvalue weighted by Crippen LogP contribution is 2.62. The van der Waals surface area contributed by atoms with Gasteiger partial charge in [-0.2, -0.15) is 0 Å². The average Bonchev–Trinajstić information content (AvgIpc) is 2.78. The van der Waals surface area contributed by atoms with E-state index in [0.29, 0.717) is 17.9 Å². The van der Waals surface area contributed by atoms with Gasteiger partial charge in [0.1, 0.15) is 0 Å². The number of hydrogen-bond donors (Lipinski definition) is 1. The molecule has 4 aliphatic rings. The van der Waals surface area contributed by atoms with Crippen molar-refractivity contribution in [1.82, 2.24) is 5.32 Å². The van der Waals surface area contributed by atoms with Crippen LogP contribution in [0.1, 0.15) is 12.8 Å². The number of rotatable bonds is 0. The predicted molar refractivity (Wildman–Crippen MR) is 52.3 cm³/mol. The van der Waals surface area contributed by atoms with Crippen LogP contribution in [-0.4, -0.2) is 11.9 Å². The van der Waals surface area contributed by atoms with Crippen molar-refractivity contribution in [3.05, 3.63) is 24.3 Å². The van der Waals surface area contributed by atoms with Crippen molar-refractivity contribution < 1.29 is 4.79 Å². The second kappa shape index (κ2) is 1.97. The van der Waals surface area contributed by atoms with E-state index in [1.54, 1.807) is 0 Å². The maximum Gasteiger partial charge on any atom is 0.227 e. The summed E-state index contributed by atoms with van der Waals surface area (Å²) in [7, 11) is 0. The summed E-state index contributed by atoms with van der Waals surface area (Å²) in [6, 6.07) is 0.411. The summed E-state index contributed by atoms with van der Waals surface area (Å²) in [6.45, 7) is 0. The average molecular weight is 187 g/mol. The normalized spacial score (nSPS) is 56.4. The summed E-state index contributed by atoms with van der Waals surface area (Å²) in [4.78, 5) is 11.9. The number of carbonyl (C=O) groups is 1. The van der Waals surface area contributed by atoms with Crippen molar-refractivity contribution in [2.45, 2.75) is 18.9 Å². The van der Waals surface area contributed by atoms with Gasteiger partial charge in [-0.25, -0.2) is 0 Å². The molecule has 0 aromatic heterocycles. The molecule has 1 amide bonds. The first-order valence-corrected chi connectivity index (χ1v) is 5.50. The number of hydrogen-bond acceptors (Lipinski definition) is 1. The zero-order valence-electron chi connectivity index (χ0n) is 7.94. The lowest BCUT2D eigenvalue weighted by molar-refractivity contribution is -0.125. The van der Waals surface area contributed by atoms with Crippen molar-refractivity contribution in [2.24, 2.45) is 23.2 Å². The Morgan fingerprint density at radius 3 is 3.07 bits per heavy atom. The van der Waals surface area contributed by atoms with Gasteiger partial charge in [0.2, 0.25) is 5.91 Å². The van der Waals surface area contributed by atoms with Crippen molar-refractivity contribution in [3.8, 4) is 0 Å². The highest BCUT2D eigenvalue weighted by molar-refractivity contribution is 5.83. The summed E-state index contributed by atoms with van der Waals surface area (Å²) in [5.41, 5.74) is 0.218. The van der Waals surface area contributed by atoms with E-state index in [4.69, 9.17) is 0 Å². The van der Waals surface area contributed by atoms with E-state index in [0.717, 1.165) is 0 Å². The van der Waals surface area contributed by atoms with E-state index in [1.807, 2.05) is 0 Å². The van der Waals surface area contributed by atoms with Crippen LogP contribution in [0.5, 0.6) is 0 Å². The Bertz CT molecular complexity index is 384. The van der Waals surface area contributed by atoms with E-state index >= 15 is 0 Å². The predicted octanol–water partition coefficient (Wildman–Crippen LogP) is 1.25. The third-order valence-electron chi connectivity index (χ3n) is 4.57. The largest absolute Gasteiger partial charge is 0.351 e. The van der Waals surface area contributed by atoms with E-state index in [2.05, 4.69) is 29.6 Å². The van der Waals surface area contributed by atoms with Crippen molar-refractivity contribution in [3.63, 3.8) is 0 Å². The fourth-order valence-electron chi connectivity index (χ4n) is 3.66. The maximum atomic E-state index is 11.9. The van der Waals surface area contributed by atoms with E-state index in [9.17, 15) is 4.79 Å². The number of nitrogens with one attached hydrogen (secondary N) is 1. The lowest BCUT2D eigenvalue weighted by Crippen LogP contribution is -2.37. The molecule has 0 aromatic rings. The van der Waals surface area contributed by atoms with E-state index in [1.165, 1.54) is 12.8 Å². The molecule has 1 heterocycles. The van der Waals surface area contributed by atoms with E-state index < -0.39 is 0 Å². The van der Waals surface area contributed by atoms with Crippen LogP contribution in [0.15, 0.2) is 24.3 Å². The Balaban J connectivity index is 1.98. The first kappa shape index (κ1) is 7.27. The van der Waals surface area contributed by atoms with Crippen LogP contribution in [0.2, 0.25) is 0 Å². The molecule has 1 spiro atoms.